The number of nitrogens with one attached hydrogen (secondary N) is 5. The van der Waals surface area contributed by atoms with Crippen LogP contribution in [0.25, 0.3) is 55.7 Å². The second-order valence-electron chi connectivity index (χ2n) is 28.2. The van der Waals surface area contributed by atoms with Crippen LogP contribution in [0.3, 0.4) is 0 Å². The van der Waals surface area contributed by atoms with Crippen LogP contribution < -0.4 is 44.7 Å². The molecule has 28 heteroatoms. The molecule has 0 radical (unpaired) electrons. The summed E-state index contributed by atoms with van der Waals surface area (Å²) < 4.78 is 48.1. The van der Waals surface area contributed by atoms with Gasteiger partial charge in [-0.1, -0.05) is 96.0 Å². The third-order valence-electron chi connectivity index (χ3n) is 18.5. The number of nitrogens with zero attached hydrogens (tertiary/aromatic N) is 6. The van der Waals surface area contributed by atoms with Gasteiger partial charge in [0, 0.05) is 81.3 Å². The molecule has 8 aromatic rings. The first-order chi connectivity index (χ1) is 46.2. The van der Waals surface area contributed by atoms with Crippen LogP contribution in [0.5, 0.6) is 0 Å². The molecule has 4 atom stereocenters. The number of alkyl carbamates (subject to hydrolysis) is 2. The number of hydrogen-bond acceptors (Lipinski definition) is 16. The number of para-hydroxylation sites is 4. The van der Waals surface area contributed by atoms with Gasteiger partial charge >= 0.3 is 41.3 Å². The van der Waals surface area contributed by atoms with Gasteiger partial charge in [0.1, 0.15) is 11.2 Å². The SMILES string of the molecule is CC(C)(C)OC(=O)NC12CC(C(=O)N[C@H]3CCC[C@@H](Nc4ncc(Cl)c(-c5cn(-c6ccccc6)c6ccccc56)n4)C3)(C1)C2.CC(C)(C)OC(=O)NC12CC(C(=O)O)(C1)C2.O=S=O.O=S=O.[Cl-].[NH3+][C@H]1CCC[C@@H](Nc2ncc(Cl)c(-c3cn(-c4ccccc4)c4ccccc34)n2)C1. The average Bonchev–Trinajstić information content (AvgIpc) is 0.849. The van der Waals surface area contributed by atoms with Crippen LogP contribution in [-0.4, -0.2) is 122 Å². The number of anilines is 2. The van der Waals surface area contributed by atoms with E-state index in [1.54, 1.807) is 33.2 Å². The molecule has 0 spiro atoms. The van der Waals surface area contributed by atoms with E-state index < -0.39 is 57.9 Å². The number of carboxylic acid groups (broad SMARTS) is 1. The van der Waals surface area contributed by atoms with Gasteiger partial charge in [-0.2, -0.15) is 16.8 Å². The molecule has 0 saturated heterocycles. The van der Waals surface area contributed by atoms with E-state index in [1.165, 1.54) is 12.8 Å². The highest BCUT2D eigenvalue weighted by atomic mass is 35.5. The smallest absolute Gasteiger partial charge is 0.408 e. The largest absolute Gasteiger partial charge is 1.00 e. The molecule has 9 N–H and O–H groups in total. The number of ether oxygens (including phenoxy) is 2. The first kappa shape index (κ1) is 73.9. The predicted octanol–water partition coefficient (Wildman–Crippen LogP) is 8.92. The molecule has 520 valence electrons. The van der Waals surface area contributed by atoms with Gasteiger partial charge in [-0.25, -0.2) is 29.5 Å². The van der Waals surface area contributed by atoms with E-state index >= 15 is 0 Å². The van der Waals surface area contributed by atoms with E-state index in [4.69, 9.17) is 64.6 Å². The van der Waals surface area contributed by atoms with Crippen molar-refractivity contribution in [2.24, 2.45) is 10.8 Å². The molecule has 4 aromatic carbocycles. The van der Waals surface area contributed by atoms with Gasteiger partial charge in [0.2, 0.25) is 17.8 Å². The Morgan fingerprint density at radius 1 is 0.561 bits per heavy atom. The number of benzene rings is 4. The Bertz CT molecular complexity index is 4220. The Labute approximate surface area is 591 Å². The predicted molar refractivity (Wildman–Crippen MR) is 371 cm³/mol. The number of amides is 3. The van der Waals surface area contributed by atoms with E-state index in [0.29, 0.717) is 78.2 Å². The van der Waals surface area contributed by atoms with Crippen molar-refractivity contribution in [1.82, 2.24) is 45.0 Å². The molecule has 3 amide bonds. The van der Waals surface area contributed by atoms with Crippen LogP contribution in [0.1, 0.15) is 131 Å². The zero-order valence-electron chi connectivity index (χ0n) is 55.3. The molecule has 4 heterocycles. The minimum absolute atomic E-state index is 0. The van der Waals surface area contributed by atoms with Crippen LogP contribution in [0.2, 0.25) is 10.0 Å². The number of aliphatic carboxylic acids is 1. The number of aromatic nitrogens is 6. The number of rotatable bonds is 13. The number of carbonyl (C=O) groups is 4. The maximum Gasteiger partial charge on any atom is 0.408 e. The number of halogens is 3. The summed E-state index contributed by atoms with van der Waals surface area (Å²) in [6.45, 7) is 10.9. The van der Waals surface area contributed by atoms with E-state index in [-0.39, 0.29) is 46.9 Å². The highest BCUT2D eigenvalue weighted by Gasteiger charge is 2.73. The van der Waals surface area contributed by atoms with Crippen LogP contribution in [0.15, 0.2) is 134 Å². The Morgan fingerprint density at radius 2 is 0.939 bits per heavy atom. The number of hydrogen-bond donors (Lipinski definition) is 7. The summed E-state index contributed by atoms with van der Waals surface area (Å²) in [6.07, 6.45) is 18.6. The molecular weight excluding hydrogens is 1360 g/mol. The molecule has 0 unspecified atom stereocenters. The summed E-state index contributed by atoms with van der Waals surface area (Å²) in [6, 6.07) is 38.2. The van der Waals surface area contributed by atoms with E-state index in [2.05, 4.69) is 118 Å². The van der Waals surface area contributed by atoms with Crippen LogP contribution in [0, 0.1) is 10.8 Å². The fourth-order valence-corrected chi connectivity index (χ4v) is 14.9. The first-order valence-corrected chi connectivity index (χ1v) is 34.4. The zero-order chi connectivity index (χ0) is 69.5. The van der Waals surface area contributed by atoms with Crippen molar-refractivity contribution in [3.05, 3.63) is 144 Å². The minimum atomic E-state index is -0.750. The second-order valence-corrected chi connectivity index (χ2v) is 29.3. The zero-order valence-corrected chi connectivity index (χ0v) is 59.2. The van der Waals surface area contributed by atoms with Crippen molar-refractivity contribution in [3.63, 3.8) is 0 Å². The quantitative estimate of drug-likeness (QED) is 0.0566. The van der Waals surface area contributed by atoms with Gasteiger partial charge in [-0.3, -0.25) is 9.59 Å². The maximum atomic E-state index is 13.3. The van der Waals surface area contributed by atoms with Gasteiger partial charge < -0.3 is 68.4 Å². The Morgan fingerprint density at radius 3 is 1.35 bits per heavy atom. The van der Waals surface area contributed by atoms with Crippen LogP contribution in [0.4, 0.5) is 21.5 Å². The summed E-state index contributed by atoms with van der Waals surface area (Å²) in [4.78, 5) is 66.6. The number of carboxylic acids is 1. The lowest BCUT2D eigenvalue weighted by atomic mass is 9.39. The van der Waals surface area contributed by atoms with Gasteiger partial charge in [0.05, 0.1) is 61.7 Å². The number of fused-ring (bicyclic) bond motifs is 2. The van der Waals surface area contributed by atoms with E-state index in [0.717, 1.165) is 88.5 Å². The molecule has 8 fully saturated rings. The minimum Gasteiger partial charge on any atom is -1.00 e. The molecule has 4 bridgehead atoms. The van der Waals surface area contributed by atoms with Crippen molar-refractivity contribution in [1.29, 1.82) is 0 Å². The summed E-state index contributed by atoms with van der Waals surface area (Å²) in [5, 5.41) is 28.3. The summed E-state index contributed by atoms with van der Waals surface area (Å²) in [7, 11) is 0. The second kappa shape index (κ2) is 30.8. The average molecular weight is 1440 g/mol. The standard InChI is InChI=1S/C35H39ClN6O3.C24H24ClN5.C11H17NO4.ClH.2O2S/c1-33(2,3)45-32(44)41-35-19-34(20-35,21-35)30(43)38-22-10-9-11-23(16-22)39-31-37-17-27(36)29(40-31)26-18-42(24-12-5-4-6-13-24)28-15-8-7-14-25(26)28;25-21-14-27-24(28-17-8-6-7-16(26)13-17)29-23(21)20-15-30(18-9-2-1-3-10-18)22-12-5-4-11-19(20)22;1-9(2,3)16-8(15)12-11-4-10(5-11,6-11)7(13)14;;2*1-3-2/h4-8,12-15,17-18,22-23H,9-11,16,19-21H2,1-3H3,(H,38,43)(H,41,44)(H,37,39,40);1-5,9-12,14-17H,6-8,13,26H2,(H,27,28,29);4-6H2,1-3H3,(H,12,15)(H,13,14);1H;;/t22-,23+,34?,35?;16-,17+;;;;/m00..../s1. The van der Waals surface area contributed by atoms with Crippen LogP contribution in [-0.2, 0) is 42.2 Å². The van der Waals surface area contributed by atoms with Crippen molar-refractivity contribution in [2.45, 2.75) is 178 Å². The molecule has 0 aliphatic heterocycles. The van der Waals surface area contributed by atoms with E-state index in [1.807, 2.05) is 75.4 Å². The van der Waals surface area contributed by atoms with Crippen molar-refractivity contribution >= 4 is 104 Å². The lowest BCUT2D eigenvalue weighted by Crippen LogP contribution is -3.00. The molecule has 8 saturated carbocycles. The van der Waals surface area contributed by atoms with E-state index in [9.17, 15) is 19.2 Å². The monoisotopic (exact) mass is 1430 g/mol. The summed E-state index contributed by atoms with van der Waals surface area (Å²) in [5.74, 6) is 0.503. The lowest BCUT2D eigenvalue weighted by molar-refractivity contribution is -0.425. The Hall–Kier alpha value is -8.33. The van der Waals surface area contributed by atoms with Crippen molar-refractivity contribution in [2.75, 3.05) is 10.6 Å². The highest BCUT2D eigenvalue weighted by Crippen LogP contribution is 2.68. The normalized spacial score (nSPS) is 23.6. The molecule has 8 aliphatic rings. The molecule has 4 aromatic heterocycles. The highest BCUT2D eigenvalue weighted by molar-refractivity contribution is 7.52. The third-order valence-corrected chi connectivity index (χ3v) is 19.0. The first-order valence-electron chi connectivity index (χ1n) is 32.3. The Kier molecular flexibility index (Phi) is 23.3. The summed E-state index contributed by atoms with van der Waals surface area (Å²) in [5.41, 5.74) is 9.37. The van der Waals surface area contributed by atoms with Gasteiger partial charge in [-0.05, 0) is 161 Å². The fourth-order valence-electron chi connectivity index (χ4n) is 14.5. The fraction of sp³-hybridized carbons (Fsp3) is 0.429. The lowest BCUT2D eigenvalue weighted by Gasteiger charge is -2.69. The molecule has 98 heavy (non-hydrogen) atoms. The maximum absolute atomic E-state index is 13.3. The third kappa shape index (κ3) is 17.2. The van der Waals surface area contributed by atoms with Crippen molar-refractivity contribution in [3.8, 4) is 33.9 Å². The molecule has 16 rings (SSSR count). The topological polar surface area (TPSA) is 324 Å². The molecule has 23 nitrogen and oxygen atoms in total. The van der Waals surface area contributed by atoms with Crippen LogP contribution >= 0.6 is 23.2 Å². The summed E-state index contributed by atoms with van der Waals surface area (Å²) >= 11 is 11.8. The number of quaternary nitrogens is 1. The Balaban J connectivity index is 0.000000181. The number of carbonyl (C=O) groups excluding carboxylic acids is 3. The van der Waals surface area contributed by atoms with Gasteiger partial charge in [-0.15, -0.1) is 0 Å². The van der Waals surface area contributed by atoms with Gasteiger partial charge in [0.25, 0.3) is 0 Å². The van der Waals surface area contributed by atoms with Gasteiger partial charge in [0.15, 0.2) is 0 Å². The molecular formula is C70H81Cl3N12O11S2. The van der Waals surface area contributed by atoms with Crippen molar-refractivity contribution < 1.29 is 68.7 Å². The molecule has 8 aliphatic carbocycles.